The van der Waals surface area contributed by atoms with Crippen molar-refractivity contribution in [2.45, 2.75) is 94.9 Å². The zero-order valence-corrected chi connectivity index (χ0v) is 31.9. The van der Waals surface area contributed by atoms with Crippen LogP contribution < -0.4 is 0 Å². The molecule has 4 aromatic rings. The van der Waals surface area contributed by atoms with Crippen LogP contribution in [0, 0.1) is 28.7 Å². The van der Waals surface area contributed by atoms with E-state index in [0.717, 1.165) is 24.1 Å². The second kappa shape index (κ2) is 15.2. The standard InChI is InChI=1S/C31H32N.C11H20O2.Ir/c1-30(2,3)18-20-11-12-25-26(16-20)23-9-7-8-10-24(23)27-17-21(19-31(4,5)6)15-22-13-14-32-29(25)28(22)27;1-8(2)5-10(12)7-11(13)6-9(3)4;/h7-11,13-17H,18-19H2,1-6H3;7-9,12H,5-6H2,1-4H3;/q-1;;/b;10-7-;. The number of fused-ring (bicyclic) bond motifs is 5. The van der Waals surface area contributed by atoms with Gasteiger partial charge < -0.3 is 10.1 Å². The Kier molecular flexibility index (Phi) is 12.4. The zero-order chi connectivity index (χ0) is 33.1. The number of hydrogen-bond donors (Lipinski definition) is 1. The van der Waals surface area contributed by atoms with Crippen molar-refractivity contribution in [3.63, 3.8) is 0 Å². The summed E-state index contributed by atoms with van der Waals surface area (Å²) in [4.78, 5) is 16.1. The summed E-state index contributed by atoms with van der Waals surface area (Å²) in [7, 11) is 0. The average molecular weight is 795 g/mol. The molecule has 1 heterocycles. The van der Waals surface area contributed by atoms with E-state index in [1.807, 2.05) is 33.9 Å². The molecule has 1 aliphatic carbocycles. The fourth-order valence-corrected chi connectivity index (χ4v) is 6.24. The number of rotatable bonds is 7. The number of aliphatic hydroxyl groups excluding tert-OH is 1. The van der Waals surface area contributed by atoms with Crippen LogP contribution in [-0.2, 0) is 37.7 Å². The first-order chi connectivity index (χ1) is 21.0. The normalized spacial score (nSPS) is 12.6. The third-order valence-electron chi connectivity index (χ3n) is 7.69. The third-order valence-corrected chi connectivity index (χ3v) is 7.69. The van der Waals surface area contributed by atoms with Crippen LogP contribution in [0.5, 0.6) is 0 Å². The molecule has 0 unspecified atom stereocenters. The summed E-state index contributed by atoms with van der Waals surface area (Å²) in [6.07, 6.45) is 6.49. The van der Waals surface area contributed by atoms with Crippen LogP contribution in [0.15, 0.2) is 72.6 Å². The van der Waals surface area contributed by atoms with E-state index in [9.17, 15) is 9.90 Å². The molecule has 3 aromatic carbocycles. The second-order valence-corrected chi connectivity index (χ2v) is 16.0. The number of carbonyl (C=O) groups excluding carboxylic acids is 1. The van der Waals surface area contributed by atoms with Crippen molar-refractivity contribution < 1.29 is 30.0 Å². The monoisotopic (exact) mass is 795 g/mol. The van der Waals surface area contributed by atoms with Crippen LogP contribution in [0.3, 0.4) is 0 Å². The van der Waals surface area contributed by atoms with Gasteiger partial charge in [0, 0.05) is 45.2 Å². The van der Waals surface area contributed by atoms with Gasteiger partial charge in [-0.25, -0.2) is 0 Å². The molecule has 5 rings (SSSR count). The molecule has 0 aliphatic heterocycles. The van der Waals surface area contributed by atoms with Crippen molar-refractivity contribution in [3.05, 3.63) is 89.8 Å². The van der Waals surface area contributed by atoms with E-state index in [1.165, 1.54) is 50.2 Å². The van der Waals surface area contributed by atoms with Crippen LogP contribution in [0.4, 0.5) is 0 Å². The van der Waals surface area contributed by atoms with Gasteiger partial charge >= 0.3 is 0 Å². The van der Waals surface area contributed by atoms with E-state index >= 15 is 0 Å². The molecule has 1 radical (unpaired) electrons. The van der Waals surface area contributed by atoms with E-state index < -0.39 is 0 Å². The van der Waals surface area contributed by atoms with Gasteiger partial charge in [0.25, 0.3) is 0 Å². The Labute approximate surface area is 291 Å². The van der Waals surface area contributed by atoms with Crippen LogP contribution in [0.25, 0.3) is 44.3 Å². The molecule has 0 atom stereocenters. The SMILES string of the molecule is CC(C)(C)Cc1c[c-]c2c(c1)-c1ccccc1-c1cc(CC(C)(C)C)cc3ccnc-2c13.CC(C)CC(=O)/C=C(\O)CC(C)C.[Ir]. The summed E-state index contributed by atoms with van der Waals surface area (Å²) in [6, 6.07) is 24.0. The van der Waals surface area contributed by atoms with Gasteiger partial charge in [0.05, 0.1) is 5.76 Å². The second-order valence-electron chi connectivity index (χ2n) is 16.0. The average Bonchev–Trinajstić information content (AvgIpc) is 3.00. The summed E-state index contributed by atoms with van der Waals surface area (Å²) >= 11 is 0. The largest absolute Gasteiger partial charge is 0.512 e. The maximum atomic E-state index is 11.2. The number of pyridine rings is 1. The summed E-state index contributed by atoms with van der Waals surface area (Å²) in [5.41, 5.74) is 10.5. The number of aliphatic hydroxyl groups is 1. The molecule has 0 saturated heterocycles. The summed E-state index contributed by atoms with van der Waals surface area (Å²) in [6.45, 7) is 21.8. The summed E-state index contributed by atoms with van der Waals surface area (Å²) in [5, 5.41) is 11.9. The van der Waals surface area contributed by atoms with Gasteiger partial charge in [-0.3, -0.25) is 4.79 Å². The topological polar surface area (TPSA) is 50.2 Å². The van der Waals surface area contributed by atoms with Gasteiger partial charge in [0.1, 0.15) is 0 Å². The van der Waals surface area contributed by atoms with E-state index in [4.69, 9.17) is 4.98 Å². The predicted molar refractivity (Wildman–Crippen MR) is 191 cm³/mol. The first kappa shape index (κ1) is 37.4. The Balaban J connectivity index is 0.000000352. The minimum absolute atomic E-state index is 0. The molecule has 0 spiro atoms. The Morgan fingerprint density at radius 2 is 1.37 bits per heavy atom. The smallest absolute Gasteiger partial charge is 0.159 e. The first-order valence-corrected chi connectivity index (χ1v) is 16.5. The van der Waals surface area contributed by atoms with E-state index in [1.54, 1.807) is 0 Å². The molecule has 1 aromatic heterocycles. The van der Waals surface area contributed by atoms with Gasteiger partial charge in [-0.2, -0.15) is 0 Å². The van der Waals surface area contributed by atoms with Gasteiger partial charge in [-0.15, -0.1) is 29.3 Å². The predicted octanol–water partition coefficient (Wildman–Crippen LogP) is 11.6. The molecule has 3 nitrogen and oxygen atoms in total. The molecule has 1 N–H and O–H groups in total. The molecule has 4 heteroatoms. The van der Waals surface area contributed by atoms with E-state index in [-0.39, 0.29) is 42.5 Å². The van der Waals surface area contributed by atoms with E-state index in [0.29, 0.717) is 24.7 Å². The molecular weight excluding hydrogens is 743 g/mol. The Bertz CT molecular complexity index is 1700. The Morgan fingerprint density at radius 3 is 1.96 bits per heavy atom. The third kappa shape index (κ3) is 9.96. The van der Waals surface area contributed by atoms with Crippen LogP contribution in [0.1, 0.15) is 93.2 Å². The van der Waals surface area contributed by atoms with Crippen LogP contribution in [-0.4, -0.2) is 15.9 Å². The first-order valence-electron chi connectivity index (χ1n) is 16.5. The Morgan fingerprint density at radius 1 is 0.804 bits per heavy atom. The number of hydrogen-bond acceptors (Lipinski definition) is 3. The number of nitrogens with zero attached hydrogens (tertiary/aromatic N) is 1. The molecule has 0 amide bonds. The minimum atomic E-state index is 0. The number of allylic oxidation sites excluding steroid dienone is 2. The van der Waals surface area contributed by atoms with Gasteiger partial charge in [0.2, 0.25) is 0 Å². The quantitative estimate of drug-likeness (QED) is 0.101. The Hall–Kier alpha value is -3.07. The maximum absolute atomic E-state index is 11.2. The number of carbonyl (C=O) groups is 1. The fourth-order valence-electron chi connectivity index (χ4n) is 6.24. The van der Waals surface area contributed by atoms with Gasteiger partial charge in [-0.05, 0) is 68.3 Å². The van der Waals surface area contributed by atoms with Crippen molar-refractivity contribution >= 4 is 16.6 Å². The van der Waals surface area contributed by atoms with Gasteiger partial charge in [0.15, 0.2) is 5.78 Å². The molecule has 247 valence electrons. The van der Waals surface area contributed by atoms with Crippen molar-refractivity contribution in [1.29, 1.82) is 0 Å². The van der Waals surface area contributed by atoms with Crippen LogP contribution in [0.2, 0.25) is 0 Å². The van der Waals surface area contributed by atoms with Crippen molar-refractivity contribution in [3.8, 4) is 33.5 Å². The number of ketones is 1. The van der Waals surface area contributed by atoms with Crippen molar-refractivity contribution in [2.75, 3.05) is 0 Å². The number of aromatic nitrogens is 1. The van der Waals surface area contributed by atoms with Gasteiger partial charge in [-0.1, -0.05) is 123 Å². The summed E-state index contributed by atoms with van der Waals surface area (Å²) in [5.74, 6) is 0.979. The fraction of sp³-hybridized carbons (Fsp3) is 0.429. The van der Waals surface area contributed by atoms with Crippen molar-refractivity contribution in [2.24, 2.45) is 22.7 Å². The molecule has 0 fully saturated rings. The molecule has 0 saturated carbocycles. The summed E-state index contributed by atoms with van der Waals surface area (Å²) < 4.78 is 0. The minimum Gasteiger partial charge on any atom is -0.512 e. The number of benzene rings is 3. The zero-order valence-electron chi connectivity index (χ0n) is 29.5. The molecule has 1 aliphatic rings. The van der Waals surface area contributed by atoms with Crippen LogP contribution >= 0.6 is 0 Å². The molecule has 46 heavy (non-hydrogen) atoms. The maximum Gasteiger partial charge on any atom is 0.159 e. The van der Waals surface area contributed by atoms with Crippen molar-refractivity contribution in [1.82, 2.24) is 4.98 Å². The van der Waals surface area contributed by atoms with E-state index in [2.05, 4.69) is 102 Å². The molecular formula is C42H52IrNO2-. The molecule has 0 bridgehead atoms.